The first-order chi connectivity index (χ1) is 9.47. The van der Waals surface area contributed by atoms with E-state index in [1.165, 1.54) is 10.9 Å². The molecule has 7 heteroatoms. The van der Waals surface area contributed by atoms with Gasteiger partial charge in [-0.15, -0.1) is 0 Å². The first kappa shape index (κ1) is 16.0. The Morgan fingerprint density at radius 3 is 2.80 bits per heavy atom. The number of hydrogen-bond acceptors (Lipinski definition) is 5. The molecule has 0 aliphatic heterocycles. The van der Waals surface area contributed by atoms with Crippen molar-refractivity contribution in [1.82, 2.24) is 15.1 Å². The van der Waals surface area contributed by atoms with Crippen molar-refractivity contribution in [2.45, 2.75) is 46.2 Å². The van der Waals surface area contributed by atoms with E-state index in [2.05, 4.69) is 17.3 Å². The third-order valence-electron chi connectivity index (χ3n) is 2.69. The smallest absolute Gasteiger partial charge is 0.361 e. The van der Waals surface area contributed by atoms with Crippen LogP contribution in [-0.2, 0) is 16.1 Å². The molecule has 7 nitrogen and oxygen atoms in total. The molecule has 0 fully saturated rings. The van der Waals surface area contributed by atoms with Gasteiger partial charge in [-0.25, -0.2) is 4.79 Å². The van der Waals surface area contributed by atoms with Gasteiger partial charge in [0, 0.05) is 12.2 Å². The summed E-state index contributed by atoms with van der Waals surface area (Å²) in [4.78, 5) is 23.3. The van der Waals surface area contributed by atoms with Crippen molar-refractivity contribution in [3.8, 4) is 0 Å². The molecule has 112 valence electrons. The standard InChI is InChI=1S/C13H22N4O3/c1-4-6-9(3)15-11(18)8-17-7-10(14)12(16-17)13(19)20-5-2/h7,9H,4-6,8,14H2,1-3H3,(H,15,18). The molecule has 0 saturated carbocycles. The topological polar surface area (TPSA) is 99.2 Å². The van der Waals surface area contributed by atoms with Crippen molar-refractivity contribution in [2.75, 3.05) is 12.3 Å². The Balaban J connectivity index is 2.63. The van der Waals surface area contributed by atoms with E-state index < -0.39 is 5.97 Å². The van der Waals surface area contributed by atoms with Crippen LogP contribution in [0.3, 0.4) is 0 Å². The van der Waals surface area contributed by atoms with E-state index in [0.717, 1.165) is 12.8 Å². The summed E-state index contributed by atoms with van der Waals surface area (Å²) in [5, 5.41) is 6.83. The maximum Gasteiger partial charge on any atom is 0.361 e. The molecule has 0 bridgehead atoms. The van der Waals surface area contributed by atoms with Crippen LogP contribution in [0.1, 0.15) is 44.1 Å². The van der Waals surface area contributed by atoms with Gasteiger partial charge in [-0.3, -0.25) is 9.48 Å². The molecule has 1 heterocycles. The number of esters is 1. The Hall–Kier alpha value is -2.05. The Kier molecular flexibility index (Phi) is 6.02. The average molecular weight is 282 g/mol. The van der Waals surface area contributed by atoms with Gasteiger partial charge in [0.1, 0.15) is 6.54 Å². The first-order valence-electron chi connectivity index (χ1n) is 6.77. The van der Waals surface area contributed by atoms with Crippen molar-refractivity contribution in [3.63, 3.8) is 0 Å². The van der Waals surface area contributed by atoms with Gasteiger partial charge < -0.3 is 15.8 Å². The van der Waals surface area contributed by atoms with E-state index >= 15 is 0 Å². The molecular weight excluding hydrogens is 260 g/mol. The number of rotatable bonds is 7. The number of amides is 1. The molecule has 1 aromatic rings. The summed E-state index contributed by atoms with van der Waals surface area (Å²) in [5.74, 6) is -0.743. The fourth-order valence-electron chi connectivity index (χ4n) is 1.85. The molecule has 1 aromatic heterocycles. The fourth-order valence-corrected chi connectivity index (χ4v) is 1.85. The minimum absolute atomic E-state index is 0.0255. The number of anilines is 1. The van der Waals surface area contributed by atoms with E-state index in [0.29, 0.717) is 0 Å². The lowest BCUT2D eigenvalue weighted by Crippen LogP contribution is -2.35. The summed E-state index contributed by atoms with van der Waals surface area (Å²) in [6, 6.07) is 0.116. The van der Waals surface area contributed by atoms with Gasteiger partial charge in [0.25, 0.3) is 0 Å². The molecule has 1 amide bonds. The van der Waals surface area contributed by atoms with Crippen LogP contribution in [-0.4, -0.2) is 34.3 Å². The summed E-state index contributed by atoms with van der Waals surface area (Å²) in [6.07, 6.45) is 3.38. The van der Waals surface area contributed by atoms with Crippen LogP contribution in [0.15, 0.2) is 6.20 Å². The van der Waals surface area contributed by atoms with Gasteiger partial charge in [-0.1, -0.05) is 13.3 Å². The van der Waals surface area contributed by atoms with E-state index in [1.54, 1.807) is 6.92 Å². The molecular formula is C13H22N4O3. The van der Waals surface area contributed by atoms with E-state index in [1.807, 2.05) is 6.92 Å². The number of hydrogen-bond donors (Lipinski definition) is 2. The van der Waals surface area contributed by atoms with Crippen molar-refractivity contribution < 1.29 is 14.3 Å². The van der Waals surface area contributed by atoms with E-state index in [4.69, 9.17) is 10.5 Å². The van der Waals surface area contributed by atoms with Gasteiger partial charge in [-0.05, 0) is 20.3 Å². The summed E-state index contributed by atoms with van der Waals surface area (Å²) in [7, 11) is 0. The molecule has 0 aromatic carbocycles. The van der Waals surface area contributed by atoms with Gasteiger partial charge in [0.15, 0.2) is 5.69 Å². The van der Waals surface area contributed by atoms with Crippen molar-refractivity contribution >= 4 is 17.6 Å². The lowest BCUT2D eigenvalue weighted by molar-refractivity contribution is -0.122. The normalized spacial score (nSPS) is 11.9. The predicted octanol–water partition coefficient (Wildman–Crippen LogP) is 0.947. The minimum Gasteiger partial charge on any atom is -0.461 e. The second-order valence-corrected chi connectivity index (χ2v) is 4.61. The summed E-state index contributed by atoms with van der Waals surface area (Å²) < 4.78 is 6.17. The highest BCUT2D eigenvalue weighted by Gasteiger charge is 2.17. The molecule has 1 rings (SSSR count). The zero-order valence-corrected chi connectivity index (χ0v) is 12.2. The highest BCUT2D eigenvalue weighted by atomic mass is 16.5. The number of nitrogens with zero attached hydrogens (tertiary/aromatic N) is 2. The summed E-state index contributed by atoms with van der Waals surface area (Å²) >= 11 is 0. The van der Waals surface area contributed by atoms with Crippen molar-refractivity contribution in [1.29, 1.82) is 0 Å². The van der Waals surface area contributed by atoms with E-state index in [-0.39, 0.29) is 36.5 Å². The maximum absolute atomic E-state index is 11.8. The number of nitrogens with one attached hydrogen (secondary N) is 1. The molecule has 0 saturated heterocycles. The van der Waals surface area contributed by atoms with Gasteiger partial charge >= 0.3 is 5.97 Å². The summed E-state index contributed by atoms with van der Waals surface area (Å²) in [5.41, 5.74) is 5.93. The lowest BCUT2D eigenvalue weighted by atomic mass is 10.2. The van der Waals surface area contributed by atoms with Crippen LogP contribution < -0.4 is 11.1 Å². The first-order valence-corrected chi connectivity index (χ1v) is 6.77. The molecule has 0 spiro atoms. The number of carbonyl (C=O) groups is 2. The number of nitrogen functional groups attached to an aromatic ring is 1. The maximum atomic E-state index is 11.8. The molecule has 3 N–H and O–H groups in total. The largest absolute Gasteiger partial charge is 0.461 e. The van der Waals surface area contributed by atoms with Crippen LogP contribution in [0.2, 0.25) is 0 Å². The zero-order chi connectivity index (χ0) is 15.1. The van der Waals surface area contributed by atoms with Gasteiger partial charge in [0.2, 0.25) is 5.91 Å². The third kappa shape index (κ3) is 4.56. The van der Waals surface area contributed by atoms with Crippen molar-refractivity contribution in [2.24, 2.45) is 0 Å². The molecule has 20 heavy (non-hydrogen) atoms. The van der Waals surface area contributed by atoms with Crippen molar-refractivity contribution in [3.05, 3.63) is 11.9 Å². The Bertz CT molecular complexity index is 470. The third-order valence-corrected chi connectivity index (χ3v) is 2.69. The Labute approximate surface area is 118 Å². The van der Waals surface area contributed by atoms with Gasteiger partial charge in [0.05, 0.1) is 12.3 Å². The van der Waals surface area contributed by atoms with Crippen LogP contribution in [0.25, 0.3) is 0 Å². The fraction of sp³-hybridized carbons (Fsp3) is 0.615. The van der Waals surface area contributed by atoms with Crippen LogP contribution in [0.5, 0.6) is 0 Å². The molecule has 0 aliphatic carbocycles. The second-order valence-electron chi connectivity index (χ2n) is 4.61. The second kappa shape index (κ2) is 7.52. The molecule has 0 aliphatic rings. The number of nitrogens with two attached hydrogens (primary N) is 1. The quantitative estimate of drug-likeness (QED) is 0.725. The summed E-state index contributed by atoms with van der Waals surface area (Å²) in [6.45, 7) is 5.98. The lowest BCUT2D eigenvalue weighted by Gasteiger charge is -2.12. The highest BCUT2D eigenvalue weighted by Crippen LogP contribution is 2.10. The zero-order valence-electron chi connectivity index (χ0n) is 12.2. The molecule has 1 atom stereocenters. The number of ether oxygens (including phenoxy) is 1. The van der Waals surface area contributed by atoms with E-state index in [9.17, 15) is 9.59 Å². The van der Waals surface area contributed by atoms with Gasteiger partial charge in [-0.2, -0.15) is 5.10 Å². The van der Waals surface area contributed by atoms with Crippen LogP contribution in [0, 0.1) is 0 Å². The highest BCUT2D eigenvalue weighted by molar-refractivity contribution is 5.92. The molecule has 0 radical (unpaired) electrons. The van der Waals surface area contributed by atoms with Crippen LogP contribution >= 0.6 is 0 Å². The van der Waals surface area contributed by atoms with Crippen LogP contribution in [0.4, 0.5) is 5.69 Å². The predicted molar refractivity (Wildman–Crippen MR) is 75.1 cm³/mol. The SMILES string of the molecule is CCCC(C)NC(=O)Cn1cc(N)c(C(=O)OCC)n1. The minimum atomic E-state index is -0.580. The number of aromatic nitrogens is 2. The Morgan fingerprint density at radius 1 is 1.50 bits per heavy atom. The molecule has 1 unspecified atom stereocenters. The monoisotopic (exact) mass is 282 g/mol. The number of carbonyl (C=O) groups excluding carboxylic acids is 2. The average Bonchev–Trinajstić information content (AvgIpc) is 2.70. The Morgan fingerprint density at radius 2 is 2.20 bits per heavy atom.